The number of rotatable bonds is 5. The predicted molar refractivity (Wildman–Crippen MR) is 96.7 cm³/mol. The van der Waals surface area contributed by atoms with Crippen LogP contribution in [-0.4, -0.2) is 53.4 Å². The highest BCUT2D eigenvalue weighted by molar-refractivity contribution is 7.08. The standard InChI is InChI=1S/C18H24N4O2S/c23-18(15-4-8-25-13-15)19-9-17-12-21(10-14-2-6-24-7-3-14)11-16-1-5-20-22(16)17/h1,4-5,8,13-14,17H,2-3,6-7,9-12H2,(H,19,23)/t17-/m1/s1. The maximum atomic E-state index is 12.2. The van der Waals surface area contributed by atoms with Gasteiger partial charge >= 0.3 is 0 Å². The van der Waals surface area contributed by atoms with Crippen molar-refractivity contribution in [3.63, 3.8) is 0 Å². The van der Waals surface area contributed by atoms with Crippen molar-refractivity contribution in [1.29, 1.82) is 0 Å². The molecular formula is C18H24N4O2S. The minimum Gasteiger partial charge on any atom is -0.381 e. The van der Waals surface area contributed by atoms with Gasteiger partial charge in [-0.3, -0.25) is 14.4 Å². The van der Waals surface area contributed by atoms with Crippen LogP contribution < -0.4 is 5.32 Å². The van der Waals surface area contributed by atoms with Gasteiger partial charge in [-0.2, -0.15) is 16.4 Å². The monoisotopic (exact) mass is 360 g/mol. The second-order valence-electron chi connectivity index (χ2n) is 6.89. The van der Waals surface area contributed by atoms with Gasteiger partial charge in [0.1, 0.15) is 0 Å². The first kappa shape index (κ1) is 16.8. The second-order valence-corrected chi connectivity index (χ2v) is 7.67. The summed E-state index contributed by atoms with van der Waals surface area (Å²) in [6.07, 6.45) is 4.16. The van der Waals surface area contributed by atoms with E-state index in [9.17, 15) is 4.79 Å². The minimum atomic E-state index is -0.00323. The summed E-state index contributed by atoms with van der Waals surface area (Å²) in [4.78, 5) is 14.7. The Balaban J connectivity index is 1.39. The molecular weight excluding hydrogens is 336 g/mol. The third-order valence-corrected chi connectivity index (χ3v) is 5.77. The van der Waals surface area contributed by atoms with Crippen molar-refractivity contribution in [1.82, 2.24) is 20.0 Å². The lowest BCUT2D eigenvalue weighted by molar-refractivity contribution is 0.0446. The fourth-order valence-electron chi connectivity index (χ4n) is 3.76. The van der Waals surface area contributed by atoms with Crippen LogP contribution in [-0.2, 0) is 11.3 Å². The largest absolute Gasteiger partial charge is 0.381 e. The van der Waals surface area contributed by atoms with E-state index >= 15 is 0 Å². The molecule has 134 valence electrons. The molecule has 4 heterocycles. The molecule has 0 bridgehead atoms. The van der Waals surface area contributed by atoms with Crippen molar-refractivity contribution in [3.05, 3.63) is 40.3 Å². The molecule has 1 atom stereocenters. The molecule has 0 saturated carbocycles. The van der Waals surface area contributed by atoms with Gasteiger partial charge < -0.3 is 10.1 Å². The number of nitrogens with zero attached hydrogens (tertiary/aromatic N) is 3. The van der Waals surface area contributed by atoms with E-state index in [4.69, 9.17) is 4.74 Å². The molecule has 0 spiro atoms. The Labute approximate surface area is 151 Å². The van der Waals surface area contributed by atoms with Crippen LogP contribution in [0.2, 0.25) is 0 Å². The zero-order valence-electron chi connectivity index (χ0n) is 14.3. The molecule has 1 N–H and O–H groups in total. The van der Waals surface area contributed by atoms with Gasteiger partial charge in [-0.25, -0.2) is 0 Å². The molecule has 2 aliphatic rings. The molecule has 0 aliphatic carbocycles. The molecule has 1 amide bonds. The number of nitrogens with one attached hydrogen (secondary N) is 1. The quantitative estimate of drug-likeness (QED) is 0.888. The summed E-state index contributed by atoms with van der Waals surface area (Å²) in [5, 5.41) is 11.4. The molecule has 1 fully saturated rings. The highest BCUT2D eigenvalue weighted by Gasteiger charge is 2.28. The van der Waals surface area contributed by atoms with Crippen LogP contribution in [0.25, 0.3) is 0 Å². The average molecular weight is 360 g/mol. The molecule has 7 heteroatoms. The van der Waals surface area contributed by atoms with Gasteiger partial charge in [0, 0.05) is 56.5 Å². The summed E-state index contributed by atoms with van der Waals surface area (Å²) in [5.41, 5.74) is 1.97. The van der Waals surface area contributed by atoms with E-state index in [1.165, 1.54) is 5.69 Å². The van der Waals surface area contributed by atoms with Crippen LogP contribution in [0.5, 0.6) is 0 Å². The lowest BCUT2D eigenvalue weighted by Crippen LogP contribution is -2.44. The molecule has 1 saturated heterocycles. The van der Waals surface area contributed by atoms with Gasteiger partial charge in [0.25, 0.3) is 5.91 Å². The average Bonchev–Trinajstić information content (AvgIpc) is 3.32. The predicted octanol–water partition coefficient (Wildman–Crippen LogP) is 2.16. The Morgan fingerprint density at radius 3 is 3.04 bits per heavy atom. The molecule has 0 unspecified atom stereocenters. The first-order valence-electron chi connectivity index (χ1n) is 8.92. The van der Waals surface area contributed by atoms with E-state index in [0.717, 1.165) is 51.3 Å². The molecule has 6 nitrogen and oxygen atoms in total. The number of aromatic nitrogens is 2. The summed E-state index contributed by atoms with van der Waals surface area (Å²) in [5.74, 6) is 0.709. The first-order chi connectivity index (χ1) is 12.3. The number of ether oxygens (including phenoxy) is 1. The van der Waals surface area contributed by atoms with Crippen LogP contribution in [0, 0.1) is 5.92 Å². The van der Waals surface area contributed by atoms with E-state index < -0.39 is 0 Å². The van der Waals surface area contributed by atoms with Crippen LogP contribution in [0.4, 0.5) is 0 Å². The first-order valence-corrected chi connectivity index (χ1v) is 9.87. The van der Waals surface area contributed by atoms with Gasteiger partial charge in [0.15, 0.2) is 0 Å². The molecule has 0 radical (unpaired) electrons. The fraction of sp³-hybridized carbons (Fsp3) is 0.556. The normalized spacial score (nSPS) is 21.8. The third kappa shape index (κ3) is 3.94. The lowest BCUT2D eigenvalue weighted by atomic mass is 9.99. The second kappa shape index (κ2) is 7.68. The Kier molecular flexibility index (Phi) is 5.14. The molecule has 2 aliphatic heterocycles. The van der Waals surface area contributed by atoms with Gasteiger partial charge in [0.05, 0.1) is 11.7 Å². The zero-order valence-corrected chi connectivity index (χ0v) is 15.1. The molecule has 0 aromatic carbocycles. The Morgan fingerprint density at radius 2 is 2.24 bits per heavy atom. The number of amides is 1. The minimum absolute atomic E-state index is 0.00323. The highest BCUT2D eigenvalue weighted by atomic mass is 32.1. The van der Waals surface area contributed by atoms with E-state index in [1.54, 1.807) is 11.3 Å². The number of carbonyl (C=O) groups is 1. The summed E-state index contributed by atoms with van der Waals surface area (Å²) in [6, 6.07) is 4.13. The zero-order chi connectivity index (χ0) is 17.1. The maximum absolute atomic E-state index is 12.2. The fourth-order valence-corrected chi connectivity index (χ4v) is 4.39. The third-order valence-electron chi connectivity index (χ3n) is 5.09. The van der Waals surface area contributed by atoms with Crippen molar-refractivity contribution in [2.75, 3.05) is 32.8 Å². The van der Waals surface area contributed by atoms with Crippen molar-refractivity contribution in [3.8, 4) is 0 Å². The molecule has 25 heavy (non-hydrogen) atoms. The van der Waals surface area contributed by atoms with Crippen LogP contribution in [0.3, 0.4) is 0 Å². The van der Waals surface area contributed by atoms with Crippen LogP contribution in [0.1, 0.15) is 34.9 Å². The highest BCUT2D eigenvalue weighted by Crippen LogP contribution is 2.23. The van der Waals surface area contributed by atoms with Crippen LogP contribution in [0.15, 0.2) is 29.1 Å². The van der Waals surface area contributed by atoms with E-state index in [0.29, 0.717) is 12.5 Å². The summed E-state index contributed by atoms with van der Waals surface area (Å²) in [7, 11) is 0. The van der Waals surface area contributed by atoms with Crippen molar-refractivity contribution in [2.45, 2.75) is 25.4 Å². The van der Waals surface area contributed by atoms with Crippen molar-refractivity contribution in [2.24, 2.45) is 5.92 Å². The number of hydrogen-bond donors (Lipinski definition) is 1. The van der Waals surface area contributed by atoms with E-state index in [-0.39, 0.29) is 11.9 Å². The van der Waals surface area contributed by atoms with Crippen LogP contribution >= 0.6 is 11.3 Å². The number of thiophene rings is 1. The summed E-state index contributed by atoms with van der Waals surface area (Å²) >= 11 is 1.54. The number of fused-ring (bicyclic) bond motifs is 1. The van der Waals surface area contributed by atoms with E-state index in [1.807, 2.05) is 23.0 Å². The molecule has 4 rings (SSSR count). The maximum Gasteiger partial charge on any atom is 0.252 e. The van der Waals surface area contributed by atoms with Gasteiger partial charge in [-0.15, -0.1) is 0 Å². The Morgan fingerprint density at radius 1 is 1.36 bits per heavy atom. The lowest BCUT2D eigenvalue weighted by Gasteiger charge is -2.36. The SMILES string of the molecule is O=C(NC[C@@H]1CN(CC2CCOCC2)Cc2ccnn21)c1ccsc1. The number of hydrogen-bond acceptors (Lipinski definition) is 5. The van der Waals surface area contributed by atoms with E-state index in [2.05, 4.69) is 26.1 Å². The van der Waals surface area contributed by atoms with Gasteiger partial charge in [-0.05, 0) is 36.3 Å². The smallest absolute Gasteiger partial charge is 0.252 e. The van der Waals surface area contributed by atoms with Gasteiger partial charge in [0.2, 0.25) is 0 Å². The summed E-state index contributed by atoms with van der Waals surface area (Å²) in [6.45, 7) is 5.34. The topological polar surface area (TPSA) is 59.4 Å². The summed E-state index contributed by atoms with van der Waals surface area (Å²) < 4.78 is 7.55. The van der Waals surface area contributed by atoms with Gasteiger partial charge in [-0.1, -0.05) is 0 Å². The Bertz CT molecular complexity index is 694. The molecule has 2 aromatic rings. The number of carbonyl (C=O) groups excluding carboxylic acids is 1. The molecule has 2 aromatic heterocycles. The van der Waals surface area contributed by atoms with Crippen molar-refractivity contribution < 1.29 is 9.53 Å². The Hall–Kier alpha value is -1.70. The van der Waals surface area contributed by atoms with Crippen molar-refractivity contribution >= 4 is 17.2 Å².